The van der Waals surface area contributed by atoms with Gasteiger partial charge in [0.05, 0.1) is 5.39 Å². The molecule has 0 aliphatic rings. The van der Waals surface area contributed by atoms with E-state index in [2.05, 4.69) is 15.0 Å². The molecule has 8 nitrogen and oxygen atoms in total. The maximum atomic E-state index is 12.1. The third-order valence-corrected chi connectivity index (χ3v) is 3.18. The summed E-state index contributed by atoms with van der Waals surface area (Å²) in [5.41, 5.74) is -2.05. The second-order valence-corrected chi connectivity index (χ2v) is 4.52. The summed E-state index contributed by atoms with van der Waals surface area (Å²) in [5, 5.41) is 18.5. The molecule has 0 aliphatic carbocycles. The Morgan fingerprint density at radius 1 is 0.955 bits per heavy atom. The Hall–Kier alpha value is -3.60. The predicted octanol–water partition coefficient (Wildman–Crippen LogP) is 0.149. The van der Waals surface area contributed by atoms with Crippen molar-refractivity contribution in [2.75, 3.05) is 0 Å². The van der Waals surface area contributed by atoms with Crippen LogP contribution in [0.3, 0.4) is 0 Å². The van der Waals surface area contributed by atoms with Crippen LogP contribution in [0.15, 0.2) is 38.6 Å². The van der Waals surface area contributed by atoms with Gasteiger partial charge in [-0.3, -0.25) is 19.6 Å². The van der Waals surface area contributed by atoms with Crippen molar-refractivity contribution in [2.45, 2.75) is 0 Å². The van der Waals surface area contributed by atoms with Gasteiger partial charge in [0, 0.05) is 5.56 Å². The SMILES string of the molecule is N#Cc1c(-c2ccc(O)cc2)c2c(=O)[nH]c(=O)[nH]c2[nH]c1=O. The number of hydrogen-bond donors (Lipinski definition) is 4. The Morgan fingerprint density at radius 2 is 1.64 bits per heavy atom. The van der Waals surface area contributed by atoms with Crippen molar-refractivity contribution < 1.29 is 5.11 Å². The molecule has 0 aliphatic heterocycles. The van der Waals surface area contributed by atoms with E-state index in [1.165, 1.54) is 24.3 Å². The minimum absolute atomic E-state index is 0.00119. The lowest BCUT2D eigenvalue weighted by molar-refractivity contribution is 0.475. The molecule has 0 amide bonds. The molecule has 0 saturated carbocycles. The third kappa shape index (κ3) is 1.97. The molecule has 0 bridgehead atoms. The second kappa shape index (κ2) is 4.75. The Kier molecular flexibility index (Phi) is 2.89. The number of benzene rings is 1. The molecule has 0 atom stereocenters. The molecule has 4 N–H and O–H groups in total. The molecular weight excluding hydrogens is 288 g/mol. The number of nitrogens with zero attached hydrogens (tertiary/aromatic N) is 1. The van der Waals surface area contributed by atoms with Crippen molar-refractivity contribution in [2.24, 2.45) is 0 Å². The molecule has 0 fully saturated rings. The van der Waals surface area contributed by atoms with Crippen LogP contribution in [0.25, 0.3) is 22.2 Å². The molecule has 22 heavy (non-hydrogen) atoms. The minimum Gasteiger partial charge on any atom is -0.508 e. The maximum absolute atomic E-state index is 12.1. The fraction of sp³-hybridized carbons (Fsp3) is 0. The first kappa shape index (κ1) is 13.4. The van der Waals surface area contributed by atoms with Gasteiger partial charge in [-0.15, -0.1) is 0 Å². The zero-order valence-corrected chi connectivity index (χ0v) is 10.9. The Balaban J connectivity index is 2.59. The summed E-state index contributed by atoms with van der Waals surface area (Å²) in [5.74, 6) is -0.00119. The quantitative estimate of drug-likeness (QED) is 0.505. The van der Waals surface area contributed by atoms with Crippen LogP contribution in [0.2, 0.25) is 0 Å². The summed E-state index contributed by atoms with van der Waals surface area (Å²) in [7, 11) is 0. The Morgan fingerprint density at radius 3 is 2.27 bits per heavy atom. The first-order valence-electron chi connectivity index (χ1n) is 6.13. The van der Waals surface area contributed by atoms with Gasteiger partial charge in [0.25, 0.3) is 11.1 Å². The normalized spacial score (nSPS) is 10.5. The van der Waals surface area contributed by atoms with E-state index in [1.807, 2.05) is 0 Å². The summed E-state index contributed by atoms with van der Waals surface area (Å²) in [6.07, 6.45) is 0. The van der Waals surface area contributed by atoms with Gasteiger partial charge >= 0.3 is 5.69 Å². The maximum Gasteiger partial charge on any atom is 0.327 e. The summed E-state index contributed by atoms with van der Waals surface area (Å²) >= 11 is 0. The van der Waals surface area contributed by atoms with Gasteiger partial charge in [0.1, 0.15) is 23.0 Å². The number of aromatic amines is 3. The fourth-order valence-corrected chi connectivity index (χ4v) is 2.26. The van der Waals surface area contributed by atoms with Crippen LogP contribution in [0.5, 0.6) is 5.75 Å². The number of pyridine rings is 1. The van der Waals surface area contributed by atoms with Gasteiger partial charge in [-0.2, -0.15) is 5.26 Å². The number of phenols is 1. The molecule has 0 saturated heterocycles. The lowest BCUT2D eigenvalue weighted by Crippen LogP contribution is -2.26. The highest BCUT2D eigenvalue weighted by Crippen LogP contribution is 2.27. The van der Waals surface area contributed by atoms with Crippen molar-refractivity contribution in [3.63, 3.8) is 0 Å². The second-order valence-electron chi connectivity index (χ2n) is 4.52. The molecule has 3 aromatic rings. The topological polar surface area (TPSA) is 143 Å². The van der Waals surface area contributed by atoms with E-state index < -0.39 is 16.8 Å². The average Bonchev–Trinajstić information content (AvgIpc) is 2.46. The van der Waals surface area contributed by atoms with E-state index in [0.29, 0.717) is 5.56 Å². The highest BCUT2D eigenvalue weighted by atomic mass is 16.3. The molecule has 0 radical (unpaired) electrons. The molecule has 0 spiro atoms. The molecule has 2 heterocycles. The summed E-state index contributed by atoms with van der Waals surface area (Å²) in [6, 6.07) is 7.42. The van der Waals surface area contributed by atoms with E-state index >= 15 is 0 Å². The molecule has 8 heteroatoms. The van der Waals surface area contributed by atoms with Crippen LogP contribution < -0.4 is 16.8 Å². The smallest absolute Gasteiger partial charge is 0.327 e. The number of hydrogen-bond acceptors (Lipinski definition) is 5. The minimum atomic E-state index is -0.769. The number of aromatic nitrogens is 3. The van der Waals surface area contributed by atoms with Crippen molar-refractivity contribution in [3.05, 3.63) is 61.0 Å². The van der Waals surface area contributed by atoms with E-state index in [0.717, 1.165) is 0 Å². The van der Waals surface area contributed by atoms with Crippen LogP contribution in [0.4, 0.5) is 0 Å². The van der Waals surface area contributed by atoms with Crippen molar-refractivity contribution in [1.82, 2.24) is 15.0 Å². The van der Waals surface area contributed by atoms with Crippen LogP contribution in [-0.2, 0) is 0 Å². The number of H-pyrrole nitrogens is 3. The number of nitrogens with one attached hydrogen (secondary N) is 3. The number of rotatable bonds is 1. The highest BCUT2D eigenvalue weighted by molar-refractivity contribution is 5.94. The van der Waals surface area contributed by atoms with Gasteiger partial charge in [-0.05, 0) is 17.7 Å². The number of nitriles is 1. The first-order chi connectivity index (χ1) is 10.5. The van der Waals surface area contributed by atoms with E-state index in [1.54, 1.807) is 6.07 Å². The summed E-state index contributed by atoms with van der Waals surface area (Å²) in [4.78, 5) is 42.1. The predicted molar refractivity (Wildman–Crippen MR) is 77.6 cm³/mol. The first-order valence-corrected chi connectivity index (χ1v) is 6.13. The standard InChI is InChI=1S/C14H8N4O4/c15-5-8-9(6-1-3-7(19)4-2-6)10-11(16-12(8)20)17-14(22)18-13(10)21/h1-4,19H,(H3,16,17,18,20,21,22). The van der Waals surface area contributed by atoms with Crippen LogP contribution in [0.1, 0.15) is 5.56 Å². The molecule has 108 valence electrons. The Bertz CT molecular complexity index is 1100. The highest BCUT2D eigenvalue weighted by Gasteiger charge is 2.17. The zero-order chi connectivity index (χ0) is 15.9. The third-order valence-electron chi connectivity index (χ3n) is 3.18. The van der Waals surface area contributed by atoms with Crippen molar-refractivity contribution >= 4 is 11.0 Å². The number of fused-ring (bicyclic) bond motifs is 1. The van der Waals surface area contributed by atoms with Crippen LogP contribution in [0, 0.1) is 11.3 Å². The Labute approximate surface area is 121 Å². The van der Waals surface area contributed by atoms with Gasteiger partial charge < -0.3 is 10.1 Å². The average molecular weight is 296 g/mol. The van der Waals surface area contributed by atoms with Crippen molar-refractivity contribution in [1.29, 1.82) is 5.26 Å². The monoisotopic (exact) mass is 296 g/mol. The largest absolute Gasteiger partial charge is 0.508 e. The molecular formula is C14H8N4O4. The summed E-state index contributed by atoms with van der Waals surface area (Å²) < 4.78 is 0. The van der Waals surface area contributed by atoms with E-state index in [4.69, 9.17) is 0 Å². The molecule has 3 rings (SSSR count). The van der Waals surface area contributed by atoms with E-state index in [-0.39, 0.29) is 27.9 Å². The van der Waals surface area contributed by atoms with Gasteiger partial charge in [0.2, 0.25) is 0 Å². The zero-order valence-electron chi connectivity index (χ0n) is 10.9. The van der Waals surface area contributed by atoms with Gasteiger partial charge in [-0.1, -0.05) is 12.1 Å². The molecule has 2 aromatic heterocycles. The molecule has 0 unspecified atom stereocenters. The number of phenolic OH excluding ortho intramolecular Hbond substituents is 1. The fourth-order valence-electron chi connectivity index (χ4n) is 2.26. The van der Waals surface area contributed by atoms with Crippen LogP contribution in [-0.4, -0.2) is 20.1 Å². The van der Waals surface area contributed by atoms with Gasteiger partial charge in [0.15, 0.2) is 0 Å². The summed E-state index contributed by atoms with van der Waals surface area (Å²) in [6.45, 7) is 0. The van der Waals surface area contributed by atoms with Crippen LogP contribution >= 0.6 is 0 Å². The van der Waals surface area contributed by atoms with Crippen molar-refractivity contribution in [3.8, 4) is 22.9 Å². The lowest BCUT2D eigenvalue weighted by atomic mass is 9.98. The number of aromatic hydroxyl groups is 1. The lowest BCUT2D eigenvalue weighted by Gasteiger charge is -2.07. The molecule has 1 aromatic carbocycles. The van der Waals surface area contributed by atoms with Gasteiger partial charge in [-0.25, -0.2) is 4.79 Å². The van der Waals surface area contributed by atoms with E-state index in [9.17, 15) is 24.8 Å².